The normalized spacial score (nSPS) is 19.4. The maximum absolute atomic E-state index is 11.6. The molecule has 4 heteroatoms. The van der Waals surface area contributed by atoms with Crippen LogP contribution >= 0.6 is 0 Å². The molecule has 0 saturated carbocycles. The third-order valence-electron chi connectivity index (χ3n) is 4.26. The summed E-state index contributed by atoms with van der Waals surface area (Å²) in [6, 6.07) is 2.16. The minimum absolute atomic E-state index is 0.126. The Kier molecular flexibility index (Phi) is 3.29. The van der Waals surface area contributed by atoms with Crippen LogP contribution in [0.3, 0.4) is 0 Å². The van der Waals surface area contributed by atoms with Gasteiger partial charge in [-0.05, 0) is 36.1 Å². The smallest absolute Gasteiger partial charge is 0.228 e. The Morgan fingerprint density at radius 1 is 1.26 bits per heavy atom. The first-order valence-electron chi connectivity index (χ1n) is 7.00. The van der Waals surface area contributed by atoms with Gasteiger partial charge in [-0.25, -0.2) is 0 Å². The molecule has 0 spiro atoms. The highest BCUT2D eigenvalue weighted by Gasteiger charge is 2.24. The van der Waals surface area contributed by atoms with Gasteiger partial charge in [0.2, 0.25) is 5.91 Å². The molecular formula is C15H21N3O. The number of amides is 1. The summed E-state index contributed by atoms with van der Waals surface area (Å²) in [6.07, 6.45) is 0.533. The number of hydrogen-bond donors (Lipinski definition) is 2. The highest BCUT2D eigenvalue weighted by molar-refractivity contribution is 6.00. The molecule has 0 bridgehead atoms. The Morgan fingerprint density at radius 3 is 2.74 bits per heavy atom. The van der Waals surface area contributed by atoms with E-state index in [1.54, 1.807) is 0 Å². The molecule has 4 nitrogen and oxygen atoms in total. The van der Waals surface area contributed by atoms with Crippen molar-refractivity contribution in [3.63, 3.8) is 0 Å². The third-order valence-corrected chi connectivity index (χ3v) is 4.26. The van der Waals surface area contributed by atoms with Crippen LogP contribution in [-0.4, -0.2) is 37.0 Å². The van der Waals surface area contributed by atoms with Crippen molar-refractivity contribution in [2.24, 2.45) is 0 Å². The van der Waals surface area contributed by atoms with Gasteiger partial charge in [-0.3, -0.25) is 9.69 Å². The Morgan fingerprint density at radius 2 is 2.00 bits per heavy atom. The van der Waals surface area contributed by atoms with Gasteiger partial charge in [0.25, 0.3) is 0 Å². The molecule has 102 valence electrons. The summed E-state index contributed by atoms with van der Waals surface area (Å²) >= 11 is 0. The molecule has 0 aromatic heterocycles. The first-order chi connectivity index (χ1) is 9.15. The minimum Gasteiger partial charge on any atom is -0.325 e. The van der Waals surface area contributed by atoms with E-state index in [9.17, 15) is 4.79 Å². The van der Waals surface area contributed by atoms with Crippen LogP contribution in [0.2, 0.25) is 0 Å². The molecule has 0 unspecified atom stereocenters. The fourth-order valence-corrected chi connectivity index (χ4v) is 3.00. The molecule has 0 aliphatic carbocycles. The van der Waals surface area contributed by atoms with Crippen molar-refractivity contribution in [3.8, 4) is 0 Å². The highest BCUT2D eigenvalue weighted by atomic mass is 16.1. The van der Waals surface area contributed by atoms with Crippen molar-refractivity contribution < 1.29 is 4.79 Å². The lowest BCUT2D eigenvalue weighted by atomic mass is 9.96. The van der Waals surface area contributed by atoms with Crippen LogP contribution in [0.25, 0.3) is 0 Å². The Labute approximate surface area is 114 Å². The van der Waals surface area contributed by atoms with Gasteiger partial charge in [-0.15, -0.1) is 0 Å². The fraction of sp³-hybridized carbons (Fsp3) is 0.533. The first-order valence-corrected chi connectivity index (χ1v) is 7.00. The van der Waals surface area contributed by atoms with Crippen molar-refractivity contribution in [1.82, 2.24) is 10.2 Å². The molecule has 0 radical (unpaired) electrons. The van der Waals surface area contributed by atoms with Gasteiger partial charge < -0.3 is 10.6 Å². The Bertz CT molecular complexity index is 519. The predicted molar refractivity (Wildman–Crippen MR) is 76.4 cm³/mol. The lowest BCUT2D eigenvalue weighted by Crippen LogP contribution is -2.43. The van der Waals surface area contributed by atoms with Gasteiger partial charge in [0.05, 0.1) is 6.42 Å². The Hall–Kier alpha value is -1.39. The summed E-state index contributed by atoms with van der Waals surface area (Å²) in [5.41, 5.74) is 6.16. The van der Waals surface area contributed by atoms with Gasteiger partial charge in [0, 0.05) is 38.4 Å². The number of carbonyl (C=O) groups excluding carboxylic acids is 1. The van der Waals surface area contributed by atoms with Crippen molar-refractivity contribution in [2.45, 2.75) is 26.8 Å². The van der Waals surface area contributed by atoms with E-state index < -0.39 is 0 Å². The predicted octanol–water partition coefficient (Wildman–Crippen LogP) is 1.20. The maximum Gasteiger partial charge on any atom is 0.228 e. The van der Waals surface area contributed by atoms with Crippen molar-refractivity contribution in [1.29, 1.82) is 0 Å². The van der Waals surface area contributed by atoms with Gasteiger partial charge in [0.15, 0.2) is 0 Å². The van der Waals surface area contributed by atoms with E-state index >= 15 is 0 Å². The second-order valence-electron chi connectivity index (χ2n) is 5.58. The van der Waals surface area contributed by atoms with E-state index in [1.807, 2.05) is 0 Å². The van der Waals surface area contributed by atoms with Crippen LogP contribution in [0.1, 0.15) is 22.3 Å². The molecule has 0 atom stereocenters. The molecule has 1 aromatic rings. The van der Waals surface area contributed by atoms with Crippen LogP contribution < -0.4 is 10.6 Å². The maximum atomic E-state index is 11.6. The first kappa shape index (κ1) is 12.6. The van der Waals surface area contributed by atoms with E-state index in [0.29, 0.717) is 6.42 Å². The second-order valence-corrected chi connectivity index (χ2v) is 5.58. The fourth-order valence-electron chi connectivity index (χ4n) is 3.00. The molecule has 2 aliphatic heterocycles. The summed E-state index contributed by atoms with van der Waals surface area (Å²) < 4.78 is 0. The average molecular weight is 259 g/mol. The van der Waals surface area contributed by atoms with Gasteiger partial charge in [-0.2, -0.15) is 0 Å². The van der Waals surface area contributed by atoms with Crippen LogP contribution in [0.4, 0.5) is 5.69 Å². The zero-order valence-corrected chi connectivity index (χ0v) is 11.7. The lowest BCUT2D eigenvalue weighted by Gasteiger charge is -2.29. The summed E-state index contributed by atoms with van der Waals surface area (Å²) in [4.78, 5) is 14.1. The monoisotopic (exact) mass is 259 g/mol. The number of anilines is 1. The van der Waals surface area contributed by atoms with E-state index in [2.05, 4.69) is 35.4 Å². The van der Waals surface area contributed by atoms with E-state index in [0.717, 1.165) is 38.4 Å². The standard InChI is InChI=1S/C15H21N3O/c1-10-7-12-8-14(19)17-15(12)13(11(10)2)9-18-5-3-16-4-6-18/h7,16H,3-6,8-9H2,1-2H3,(H,17,19). The highest BCUT2D eigenvalue weighted by Crippen LogP contribution is 2.32. The Balaban J connectivity index is 1.93. The van der Waals surface area contributed by atoms with Crippen LogP contribution in [0.5, 0.6) is 0 Å². The molecule has 2 N–H and O–H groups in total. The molecule has 1 aromatic carbocycles. The molecule has 1 amide bonds. The quantitative estimate of drug-likeness (QED) is 0.839. The molecule has 2 heterocycles. The average Bonchev–Trinajstić information content (AvgIpc) is 2.76. The van der Waals surface area contributed by atoms with Crippen molar-refractivity contribution >= 4 is 11.6 Å². The van der Waals surface area contributed by atoms with Gasteiger partial charge in [0.1, 0.15) is 0 Å². The van der Waals surface area contributed by atoms with Crippen LogP contribution in [0.15, 0.2) is 6.07 Å². The third kappa shape index (κ3) is 2.38. The number of benzene rings is 1. The number of aryl methyl sites for hydroxylation is 1. The lowest BCUT2D eigenvalue weighted by molar-refractivity contribution is -0.115. The summed E-state index contributed by atoms with van der Waals surface area (Å²) in [6.45, 7) is 9.51. The van der Waals surface area contributed by atoms with Gasteiger partial charge in [-0.1, -0.05) is 6.07 Å². The van der Waals surface area contributed by atoms with E-state index in [1.165, 1.54) is 22.3 Å². The zero-order chi connectivity index (χ0) is 13.4. The number of nitrogens with one attached hydrogen (secondary N) is 2. The van der Waals surface area contributed by atoms with Crippen molar-refractivity contribution in [3.05, 3.63) is 28.3 Å². The van der Waals surface area contributed by atoms with Crippen LogP contribution in [0, 0.1) is 13.8 Å². The zero-order valence-electron chi connectivity index (χ0n) is 11.7. The number of rotatable bonds is 2. The number of nitrogens with zero attached hydrogens (tertiary/aromatic N) is 1. The summed E-state index contributed by atoms with van der Waals surface area (Å²) in [5.74, 6) is 0.126. The number of hydrogen-bond acceptors (Lipinski definition) is 3. The molecule has 3 rings (SSSR count). The second kappa shape index (κ2) is 4.94. The van der Waals surface area contributed by atoms with E-state index in [-0.39, 0.29) is 5.91 Å². The molecule has 1 fully saturated rings. The largest absolute Gasteiger partial charge is 0.325 e. The number of fused-ring (bicyclic) bond motifs is 1. The summed E-state index contributed by atoms with van der Waals surface area (Å²) in [5, 5.41) is 6.42. The SMILES string of the molecule is Cc1cc2c(c(CN3CCNCC3)c1C)NC(=O)C2. The number of piperazine rings is 1. The molecular weight excluding hydrogens is 238 g/mol. The van der Waals surface area contributed by atoms with Gasteiger partial charge >= 0.3 is 0 Å². The summed E-state index contributed by atoms with van der Waals surface area (Å²) in [7, 11) is 0. The molecule has 2 aliphatic rings. The molecule has 19 heavy (non-hydrogen) atoms. The topological polar surface area (TPSA) is 44.4 Å². The van der Waals surface area contributed by atoms with Crippen molar-refractivity contribution in [2.75, 3.05) is 31.5 Å². The van der Waals surface area contributed by atoms with Crippen LogP contribution in [-0.2, 0) is 17.8 Å². The minimum atomic E-state index is 0.126. The van der Waals surface area contributed by atoms with E-state index in [4.69, 9.17) is 0 Å². The number of carbonyl (C=O) groups is 1. The molecule has 1 saturated heterocycles.